The highest BCUT2D eigenvalue weighted by molar-refractivity contribution is 6.03. The molecule has 3 aromatic carbocycles. The van der Waals surface area contributed by atoms with Crippen LogP contribution in [0.2, 0.25) is 0 Å². The molecule has 0 spiro atoms. The molecule has 0 bridgehead atoms. The number of aromatic nitrogens is 2. The average Bonchev–Trinajstić information content (AvgIpc) is 2.88. The number of ether oxygens (including phenoxy) is 3. The maximum atomic E-state index is 12.9. The zero-order chi connectivity index (χ0) is 23.5. The van der Waals surface area contributed by atoms with Crippen molar-refractivity contribution in [2.24, 2.45) is 0 Å². The summed E-state index contributed by atoms with van der Waals surface area (Å²) < 4.78 is 17.3. The van der Waals surface area contributed by atoms with Crippen molar-refractivity contribution < 1.29 is 23.8 Å². The molecule has 1 N–H and O–H groups in total. The van der Waals surface area contributed by atoms with Gasteiger partial charge in [-0.05, 0) is 30.3 Å². The first-order chi connectivity index (χ1) is 16.6. The van der Waals surface area contributed by atoms with Gasteiger partial charge in [0.25, 0.3) is 11.5 Å². The Bertz CT molecular complexity index is 1450. The molecule has 0 fully saturated rings. The van der Waals surface area contributed by atoms with Gasteiger partial charge >= 0.3 is 5.97 Å². The van der Waals surface area contributed by atoms with Crippen LogP contribution in [0.5, 0.6) is 11.5 Å². The minimum absolute atomic E-state index is 0.0637. The van der Waals surface area contributed by atoms with Gasteiger partial charge in [0.1, 0.15) is 13.2 Å². The van der Waals surface area contributed by atoms with Crippen molar-refractivity contribution in [2.75, 3.05) is 25.1 Å². The van der Waals surface area contributed by atoms with Crippen LogP contribution in [0, 0.1) is 0 Å². The van der Waals surface area contributed by atoms with E-state index in [1.54, 1.807) is 66.7 Å². The lowest BCUT2D eigenvalue weighted by Crippen LogP contribution is -2.26. The Morgan fingerprint density at radius 2 is 1.62 bits per heavy atom. The smallest absolute Gasteiger partial charge is 0.359 e. The number of hydrogen-bond acceptors (Lipinski definition) is 7. The minimum Gasteiger partial charge on any atom is -0.486 e. The fourth-order valence-electron chi connectivity index (χ4n) is 3.60. The van der Waals surface area contributed by atoms with Crippen LogP contribution >= 0.6 is 0 Å². The van der Waals surface area contributed by atoms with E-state index in [9.17, 15) is 14.4 Å². The van der Waals surface area contributed by atoms with Gasteiger partial charge in [-0.15, -0.1) is 0 Å². The number of esters is 1. The number of carbonyl (C=O) groups is 2. The lowest BCUT2D eigenvalue weighted by molar-refractivity contribution is -0.119. The molecule has 0 saturated carbocycles. The number of anilines is 1. The molecule has 2 heterocycles. The fourth-order valence-corrected chi connectivity index (χ4v) is 3.60. The van der Waals surface area contributed by atoms with E-state index in [0.717, 1.165) is 4.68 Å². The summed E-state index contributed by atoms with van der Waals surface area (Å²) in [5.74, 6) is -0.231. The van der Waals surface area contributed by atoms with E-state index in [-0.39, 0.29) is 11.3 Å². The van der Waals surface area contributed by atoms with E-state index in [1.165, 1.54) is 0 Å². The molecule has 5 rings (SSSR count). The van der Waals surface area contributed by atoms with Crippen LogP contribution in [0.15, 0.2) is 77.6 Å². The Balaban J connectivity index is 1.36. The van der Waals surface area contributed by atoms with Gasteiger partial charge in [0.05, 0.1) is 11.1 Å². The second-order valence-corrected chi connectivity index (χ2v) is 7.43. The molecular formula is C25H19N3O6. The number of nitrogens with zero attached hydrogens (tertiary/aromatic N) is 2. The topological polar surface area (TPSA) is 109 Å². The van der Waals surface area contributed by atoms with Crippen molar-refractivity contribution in [3.05, 3.63) is 88.8 Å². The monoisotopic (exact) mass is 457 g/mol. The maximum absolute atomic E-state index is 12.9. The number of amides is 1. The zero-order valence-corrected chi connectivity index (χ0v) is 17.9. The Morgan fingerprint density at radius 1 is 0.912 bits per heavy atom. The minimum atomic E-state index is -0.821. The summed E-state index contributed by atoms with van der Waals surface area (Å²) in [7, 11) is 0. The highest BCUT2D eigenvalue weighted by atomic mass is 16.6. The SMILES string of the molecule is O=C(COC(=O)c1nn(-c2ccccc2)c(=O)c2ccccc12)Nc1ccc2c(c1)OCCO2. The second kappa shape index (κ2) is 9.07. The van der Waals surface area contributed by atoms with Crippen LogP contribution in [0.1, 0.15) is 10.5 Å². The van der Waals surface area contributed by atoms with Gasteiger partial charge in [-0.2, -0.15) is 9.78 Å². The normalized spacial score (nSPS) is 12.2. The van der Waals surface area contributed by atoms with E-state index in [2.05, 4.69) is 10.4 Å². The van der Waals surface area contributed by atoms with Crippen LogP contribution in [-0.4, -0.2) is 41.5 Å². The summed E-state index contributed by atoms with van der Waals surface area (Å²) in [5, 5.41) is 7.56. The summed E-state index contributed by atoms with van der Waals surface area (Å²) in [6.07, 6.45) is 0. The van der Waals surface area contributed by atoms with Gasteiger partial charge in [0.15, 0.2) is 23.8 Å². The Labute approximate surface area is 193 Å². The van der Waals surface area contributed by atoms with E-state index in [1.807, 2.05) is 6.07 Å². The zero-order valence-electron chi connectivity index (χ0n) is 17.9. The molecular weight excluding hydrogens is 438 g/mol. The molecule has 0 saturated heterocycles. The third-order valence-electron chi connectivity index (χ3n) is 5.16. The van der Waals surface area contributed by atoms with E-state index < -0.39 is 18.5 Å². The molecule has 34 heavy (non-hydrogen) atoms. The molecule has 170 valence electrons. The molecule has 0 unspecified atom stereocenters. The van der Waals surface area contributed by atoms with Gasteiger partial charge in [0, 0.05) is 17.1 Å². The van der Waals surface area contributed by atoms with E-state index >= 15 is 0 Å². The third kappa shape index (κ3) is 4.18. The highest BCUT2D eigenvalue weighted by Crippen LogP contribution is 2.32. The van der Waals surface area contributed by atoms with Crippen molar-refractivity contribution >= 4 is 28.3 Å². The van der Waals surface area contributed by atoms with Gasteiger partial charge in [-0.1, -0.05) is 36.4 Å². The molecule has 1 amide bonds. The van der Waals surface area contributed by atoms with Crippen molar-refractivity contribution in [1.29, 1.82) is 0 Å². The number of para-hydroxylation sites is 1. The fraction of sp³-hybridized carbons (Fsp3) is 0.120. The quantitative estimate of drug-likeness (QED) is 0.459. The van der Waals surface area contributed by atoms with Crippen LogP contribution in [0.25, 0.3) is 16.5 Å². The summed E-state index contributed by atoms with van der Waals surface area (Å²) >= 11 is 0. The number of fused-ring (bicyclic) bond motifs is 2. The Kier molecular flexibility index (Phi) is 5.65. The summed E-state index contributed by atoms with van der Waals surface area (Å²) in [5.41, 5.74) is 0.552. The first-order valence-electron chi connectivity index (χ1n) is 10.5. The number of carbonyl (C=O) groups excluding carboxylic acids is 2. The summed E-state index contributed by atoms with van der Waals surface area (Å²) in [6, 6.07) is 20.4. The predicted molar refractivity (Wildman–Crippen MR) is 124 cm³/mol. The van der Waals surface area contributed by atoms with Crippen LogP contribution in [0.3, 0.4) is 0 Å². The molecule has 1 aliphatic heterocycles. The summed E-state index contributed by atoms with van der Waals surface area (Å²) in [4.78, 5) is 38.2. The van der Waals surface area contributed by atoms with E-state index in [0.29, 0.717) is 46.9 Å². The predicted octanol–water partition coefficient (Wildman–Crippen LogP) is 2.95. The van der Waals surface area contributed by atoms with Gasteiger partial charge in [-0.3, -0.25) is 9.59 Å². The standard InChI is InChI=1S/C25H19N3O6/c29-22(26-16-10-11-20-21(14-16)33-13-12-32-20)15-34-25(31)23-18-8-4-5-9-19(18)24(30)28(27-23)17-6-2-1-3-7-17/h1-11,14H,12-13,15H2,(H,26,29). The van der Waals surface area contributed by atoms with Crippen LogP contribution in [0.4, 0.5) is 5.69 Å². The molecule has 0 radical (unpaired) electrons. The van der Waals surface area contributed by atoms with Gasteiger partial charge in [-0.25, -0.2) is 4.79 Å². The van der Waals surface area contributed by atoms with Gasteiger partial charge < -0.3 is 19.5 Å². The van der Waals surface area contributed by atoms with Crippen LogP contribution < -0.4 is 20.3 Å². The average molecular weight is 457 g/mol. The van der Waals surface area contributed by atoms with Crippen LogP contribution in [-0.2, 0) is 9.53 Å². The molecule has 0 atom stereocenters. The lowest BCUT2D eigenvalue weighted by atomic mass is 10.1. The number of benzene rings is 3. The first-order valence-corrected chi connectivity index (χ1v) is 10.5. The number of rotatable bonds is 5. The molecule has 1 aromatic heterocycles. The number of nitrogens with one attached hydrogen (secondary N) is 1. The number of hydrogen-bond donors (Lipinski definition) is 1. The highest BCUT2D eigenvalue weighted by Gasteiger charge is 2.20. The third-order valence-corrected chi connectivity index (χ3v) is 5.16. The van der Waals surface area contributed by atoms with Crippen molar-refractivity contribution in [1.82, 2.24) is 9.78 Å². The first kappa shape index (κ1) is 21.2. The summed E-state index contributed by atoms with van der Waals surface area (Å²) in [6.45, 7) is 0.358. The molecule has 1 aliphatic rings. The van der Waals surface area contributed by atoms with Gasteiger partial charge in [0.2, 0.25) is 0 Å². The lowest BCUT2D eigenvalue weighted by Gasteiger charge is -2.19. The Hall–Kier alpha value is -4.66. The second-order valence-electron chi connectivity index (χ2n) is 7.43. The van der Waals surface area contributed by atoms with Crippen molar-refractivity contribution in [2.45, 2.75) is 0 Å². The largest absolute Gasteiger partial charge is 0.486 e. The molecule has 9 nitrogen and oxygen atoms in total. The van der Waals surface area contributed by atoms with E-state index in [4.69, 9.17) is 14.2 Å². The molecule has 4 aromatic rings. The molecule has 9 heteroatoms. The Morgan fingerprint density at radius 3 is 2.41 bits per heavy atom. The van der Waals surface area contributed by atoms with Crippen molar-refractivity contribution in [3.63, 3.8) is 0 Å². The molecule has 0 aliphatic carbocycles. The van der Waals surface area contributed by atoms with Crippen molar-refractivity contribution in [3.8, 4) is 17.2 Å². The maximum Gasteiger partial charge on any atom is 0.359 e.